The van der Waals surface area contributed by atoms with Gasteiger partial charge in [-0.15, -0.1) is 34.0 Å². The Hall–Kier alpha value is -0.750. The van der Waals surface area contributed by atoms with Gasteiger partial charge in [0.05, 0.1) is 11.4 Å². The third-order valence-electron chi connectivity index (χ3n) is 1.41. The number of nitrogens with one attached hydrogen (secondary N) is 1. The lowest BCUT2D eigenvalue weighted by molar-refractivity contribution is -0.114. The van der Waals surface area contributed by atoms with Gasteiger partial charge in [0, 0.05) is 12.6 Å². The molecule has 1 rings (SSSR count). The van der Waals surface area contributed by atoms with Crippen molar-refractivity contribution in [1.82, 2.24) is 0 Å². The molecule has 0 saturated carbocycles. The van der Waals surface area contributed by atoms with E-state index in [1.54, 1.807) is 18.2 Å². The lowest BCUT2D eigenvalue weighted by Gasteiger charge is -2.04. The minimum Gasteiger partial charge on any atom is -0.397 e. The molecule has 0 aliphatic carbocycles. The van der Waals surface area contributed by atoms with E-state index in [4.69, 9.17) is 11.5 Å². The van der Waals surface area contributed by atoms with Gasteiger partial charge in [-0.3, -0.25) is 4.79 Å². The van der Waals surface area contributed by atoms with Gasteiger partial charge in [-0.25, -0.2) is 0 Å². The predicted molar refractivity (Wildman–Crippen MR) is 70.2 cm³/mol. The van der Waals surface area contributed by atoms with Gasteiger partial charge in [-0.2, -0.15) is 0 Å². The number of carbonyl (C=O) groups is 1. The van der Waals surface area contributed by atoms with Crippen LogP contribution in [0.3, 0.4) is 0 Å². The Morgan fingerprint density at radius 1 is 1.21 bits per heavy atom. The van der Waals surface area contributed by atoms with E-state index in [-0.39, 0.29) is 39.9 Å². The summed E-state index contributed by atoms with van der Waals surface area (Å²) in [5.74, 6) is -0.126. The van der Waals surface area contributed by atoms with E-state index < -0.39 is 0 Å². The van der Waals surface area contributed by atoms with Crippen molar-refractivity contribution in [1.29, 1.82) is 0 Å². The highest BCUT2D eigenvalue weighted by atomic mass is 79.9. The molecule has 5 N–H and O–H groups in total. The fourth-order valence-corrected chi connectivity index (χ4v) is 0.856. The third kappa shape index (κ3) is 4.48. The number of rotatable bonds is 1. The van der Waals surface area contributed by atoms with Gasteiger partial charge in [0.2, 0.25) is 5.91 Å². The minimum atomic E-state index is -0.126. The van der Waals surface area contributed by atoms with Crippen LogP contribution < -0.4 is 16.8 Å². The minimum absolute atomic E-state index is 0. The van der Waals surface area contributed by atoms with Gasteiger partial charge < -0.3 is 16.8 Å². The zero-order valence-corrected chi connectivity index (χ0v) is 11.0. The molecule has 1 aromatic rings. The van der Waals surface area contributed by atoms with Crippen LogP contribution in [-0.4, -0.2) is 5.91 Å². The molecule has 0 spiro atoms. The van der Waals surface area contributed by atoms with Gasteiger partial charge in [0.25, 0.3) is 0 Å². The molecule has 80 valence electrons. The van der Waals surface area contributed by atoms with Crippen LogP contribution in [0.4, 0.5) is 17.1 Å². The number of hydrogen-bond donors (Lipinski definition) is 3. The highest BCUT2D eigenvalue weighted by Crippen LogP contribution is 2.19. The molecule has 0 saturated heterocycles. The number of nitrogens with two attached hydrogens (primary N) is 2. The van der Waals surface area contributed by atoms with Gasteiger partial charge >= 0.3 is 0 Å². The van der Waals surface area contributed by atoms with Crippen LogP contribution in [0.15, 0.2) is 18.2 Å². The third-order valence-corrected chi connectivity index (χ3v) is 1.41. The Balaban J connectivity index is 0. The second kappa shape index (κ2) is 6.67. The smallest absolute Gasteiger partial charge is 0.221 e. The predicted octanol–water partition coefficient (Wildman–Crippen LogP) is 1.97. The van der Waals surface area contributed by atoms with Crippen molar-refractivity contribution < 1.29 is 4.79 Å². The number of anilines is 3. The number of amides is 1. The molecular formula is C8H13Br2N3O. The van der Waals surface area contributed by atoms with Crippen LogP contribution in [0.1, 0.15) is 6.92 Å². The van der Waals surface area contributed by atoms with Crippen molar-refractivity contribution in [3.8, 4) is 0 Å². The summed E-state index contributed by atoms with van der Waals surface area (Å²) in [5, 5.41) is 2.60. The van der Waals surface area contributed by atoms with Gasteiger partial charge in [0.15, 0.2) is 0 Å². The van der Waals surface area contributed by atoms with E-state index in [0.717, 1.165) is 0 Å². The largest absolute Gasteiger partial charge is 0.397 e. The molecule has 1 aromatic carbocycles. The summed E-state index contributed by atoms with van der Waals surface area (Å²) in [7, 11) is 0. The van der Waals surface area contributed by atoms with E-state index in [1.165, 1.54) is 6.92 Å². The molecule has 0 unspecified atom stereocenters. The standard InChI is InChI=1S/C8H11N3O.2BrH/c1-5(12)11-6-2-3-7(9)8(10)4-6;;/h2-4H,9-10H2,1H3,(H,11,12);2*1H. The Morgan fingerprint density at radius 3 is 2.21 bits per heavy atom. The number of hydrogen-bond acceptors (Lipinski definition) is 3. The molecular weight excluding hydrogens is 314 g/mol. The van der Waals surface area contributed by atoms with E-state index in [0.29, 0.717) is 17.1 Å². The van der Waals surface area contributed by atoms with E-state index >= 15 is 0 Å². The molecule has 0 aliphatic heterocycles. The Kier molecular flexibility index (Phi) is 7.48. The first-order valence-corrected chi connectivity index (χ1v) is 3.52. The second-order valence-corrected chi connectivity index (χ2v) is 2.52. The topological polar surface area (TPSA) is 81.1 Å². The van der Waals surface area contributed by atoms with Crippen LogP contribution in [-0.2, 0) is 4.79 Å². The number of halogens is 2. The first-order chi connectivity index (χ1) is 5.59. The van der Waals surface area contributed by atoms with Gasteiger partial charge in [-0.05, 0) is 18.2 Å². The quantitative estimate of drug-likeness (QED) is 0.690. The summed E-state index contributed by atoms with van der Waals surface area (Å²) in [6.45, 7) is 1.44. The van der Waals surface area contributed by atoms with Crippen LogP contribution in [0, 0.1) is 0 Å². The summed E-state index contributed by atoms with van der Waals surface area (Å²) in [6, 6.07) is 4.98. The molecule has 0 atom stereocenters. The maximum Gasteiger partial charge on any atom is 0.221 e. The summed E-state index contributed by atoms with van der Waals surface area (Å²) >= 11 is 0. The highest BCUT2D eigenvalue weighted by Gasteiger charge is 1.97. The molecule has 0 aromatic heterocycles. The molecule has 0 aliphatic rings. The van der Waals surface area contributed by atoms with Crippen LogP contribution >= 0.6 is 34.0 Å². The van der Waals surface area contributed by atoms with Crippen molar-refractivity contribution in [2.45, 2.75) is 6.92 Å². The molecule has 0 bridgehead atoms. The number of carbonyl (C=O) groups excluding carboxylic acids is 1. The van der Waals surface area contributed by atoms with E-state index in [9.17, 15) is 4.79 Å². The first-order valence-electron chi connectivity index (χ1n) is 3.52. The lowest BCUT2D eigenvalue weighted by atomic mass is 10.2. The maximum absolute atomic E-state index is 10.6. The Bertz CT molecular complexity index is 317. The average Bonchev–Trinajstić information content (AvgIpc) is 1.96. The molecule has 4 nitrogen and oxygen atoms in total. The monoisotopic (exact) mass is 325 g/mol. The summed E-state index contributed by atoms with van der Waals surface area (Å²) < 4.78 is 0. The Morgan fingerprint density at radius 2 is 1.79 bits per heavy atom. The second-order valence-electron chi connectivity index (χ2n) is 2.52. The van der Waals surface area contributed by atoms with Gasteiger partial charge in [0.1, 0.15) is 0 Å². The number of benzene rings is 1. The SMILES string of the molecule is Br.Br.CC(=O)Nc1ccc(N)c(N)c1. The maximum atomic E-state index is 10.6. The van der Waals surface area contributed by atoms with Crippen LogP contribution in [0.2, 0.25) is 0 Å². The molecule has 14 heavy (non-hydrogen) atoms. The molecule has 0 heterocycles. The number of nitrogen functional groups attached to an aromatic ring is 2. The Labute approximate surface area is 104 Å². The van der Waals surface area contributed by atoms with Crippen LogP contribution in [0.25, 0.3) is 0 Å². The molecule has 0 fully saturated rings. The van der Waals surface area contributed by atoms with E-state index in [1.807, 2.05) is 0 Å². The van der Waals surface area contributed by atoms with Crippen molar-refractivity contribution in [3.63, 3.8) is 0 Å². The van der Waals surface area contributed by atoms with Crippen LogP contribution in [0.5, 0.6) is 0 Å². The van der Waals surface area contributed by atoms with E-state index in [2.05, 4.69) is 5.32 Å². The average molecular weight is 327 g/mol. The van der Waals surface area contributed by atoms with Crippen molar-refractivity contribution in [3.05, 3.63) is 18.2 Å². The van der Waals surface area contributed by atoms with Crippen molar-refractivity contribution >= 4 is 56.9 Å². The van der Waals surface area contributed by atoms with Crippen molar-refractivity contribution in [2.75, 3.05) is 16.8 Å². The first kappa shape index (κ1) is 15.7. The highest BCUT2D eigenvalue weighted by molar-refractivity contribution is 8.93. The zero-order valence-electron chi connectivity index (χ0n) is 7.61. The molecule has 1 amide bonds. The summed E-state index contributed by atoms with van der Waals surface area (Å²) in [5.41, 5.74) is 12.7. The lowest BCUT2D eigenvalue weighted by Crippen LogP contribution is -2.06. The fraction of sp³-hybridized carbons (Fsp3) is 0.125. The summed E-state index contributed by atoms with van der Waals surface area (Å²) in [6.07, 6.45) is 0. The molecule has 0 radical (unpaired) electrons. The zero-order chi connectivity index (χ0) is 9.14. The van der Waals surface area contributed by atoms with Gasteiger partial charge in [-0.1, -0.05) is 0 Å². The molecule has 6 heteroatoms. The normalized spacial score (nSPS) is 8.07. The fourth-order valence-electron chi connectivity index (χ4n) is 0.856. The summed E-state index contributed by atoms with van der Waals surface area (Å²) in [4.78, 5) is 10.6. The van der Waals surface area contributed by atoms with Crippen molar-refractivity contribution in [2.24, 2.45) is 0 Å².